The predicted molar refractivity (Wildman–Crippen MR) is 193 cm³/mol. The van der Waals surface area contributed by atoms with Crippen LogP contribution < -0.4 is 14.5 Å². The van der Waals surface area contributed by atoms with Crippen LogP contribution >= 0.6 is 0 Å². The first-order chi connectivity index (χ1) is 23.0. The maximum absolute atomic E-state index is 9.75. The third kappa shape index (κ3) is 8.82. The summed E-state index contributed by atoms with van der Waals surface area (Å²) in [4.78, 5) is 4.17. The van der Waals surface area contributed by atoms with Crippen molar-refractivity contribution in [1.82, 2.24) is 0 Å². The molecule has 0 saturated heterocycles. The summed E-state index contributed by atoms with van der Waals surface area (Å²) in [7, 11) is 2.16. The van der Waals surface area contributed by atoms with Crippen molar-refractivity contribution >= 4 is 47.0 Å². The second-order valence-corrected chi connectivity index (χ2v) is 11.4. The molecule has 0 unspecified atom stereocenters. The smallest absolute Gasteiger partial charge is 0.456 e. The summed E-state index contributed by atoms with van der Waals surface area (Å²) in [6, 6.07) is 35.3. The monoisotopic (exact) mass is 650 g/mol. The lowest BCUT2D eigenvalue weighted by Crippen LogP contribution is -2.10. The van der Waals surface area contributed by atoms with Crippen LogP contribution in [0.25, 0.3) is 39.7 Å². The van der Waals surface area contributed by atoms with Crippen LogP contribution in [0, 0.1) is 0 Å². The maximum Gasteiger partial charge on any atom is 0.673 e. The first kappa shape index (κ1) is 33.8. The molecule has 48 heavy (non-hydrogen) atoms. The Morgan fingerprint density at radius 1 is 0.667 bits per heavy atom. The summed E-state index contributed by atoms with van der Waals surface area (Å²) >= 11 is 0. The average Bonchev–Trinajstić information content (AvgIpc) is 3.07. The van der Waals surface area contributed by atoms with E-state index in [1.54, 1.807) is 0 Å². The van der Waals surface area contributed by atoms with Crippen LogP contribution in [0.15, 0.2) is 138 Å². The quantitative estimate of drug-likeness (QED) is 0.0758. The van der Waals surface area contributed by atoms with Gasteiger partial charge in [0.1, 0.15) is 11.5 Å². The number of halogens is 4. The molecule has 1 aliphatic heterocycles. The molecule has 1 aliphatic rings. The molecule has 0 bridgehead atoms. The zero-order valence-corrected chi connectivity index (χ0v) is 27.1. The van der Waals surface area contributed by atoms with Crippen molar-refractivity contribution in [3.05, 3.63) is 150 Å². The number of fused-ring (bicyclic) bond motifs is 2. The van der Waals surface area contributed by atoms with Crippen molar-refractivity contribution in [2.24, 2.45) is 0 Å². The highest BCUT2D eigenvalue weighted by atomic mass is 19.5. The Labute approximate surface area is 278 Å². The summed E-state index contributed by atoms with van der Waals surface area (Å²) in [5.74, 6) is 2.53. The van der Waals surface area contributed by atoms with E-state index < -0.39 is 7.25 Å². The van der Waals surface area contributed by atoms with E-state index in [9.17, 15) is 17.3 Å². The third-order valence-corrected chi connectivity index (χ3v) is 7.49. The van der Waals surface area contributed by atoms with E-state index in [4.69, 9.17) is 9.15 Å². The van der Waals surface area contributed by atoms with E-state index in [1.165, 1.54) is 0 Å². The number of benzene rings is 4. The Morgan fingerprint density at radius 3 is 1.92 bits per heavy atom. The fourth-order valence-corrected chi connectivity index (χ4v) is 5.11. The molecule has 0 N–H and O–H groups in total. The number of hydrogen-bond acceptors (Lipinski definition) is 3. The summed E-state index contributed by atoms with van der Waals surface area (Å²) in [5.41, 5.74) is 8.41. The molecule has 6 rings (SSSR count). The van der Waals surface area contributed by atoms with E-state index >= 15 is 0 Å². The number of hydrogen-bond donors (Lipinski definition) is 0. The Bertz CT molecular complexity index is 2000. The van der Waals surface area contributed by atoms with Gasteiger partial charge < -0.3 is 31.8 Å². The lowest BCUT2D eigenvalue weighted by Gasteiger charge is -2.23. The lowest BCUT2D eigenvalue weighted by molar-refractivity contribution is 0.368. The molecular formula is C39H35BF4N2O2. The highest BCUT2D eigenvalue weighted by Gasteiger charge is 2.21. The van der Waals surface area contributed by atoms with Crippen molar-refractivity contribution in [2.75, 3.05) is 38.0 Å². The van der Waals surface area contributed by atoms with Gasteiger partial charge >= 0.3 is 18.6 Å². The van der Waals surface area contributed by atoms with Gasteiger partial charge in [-0.1, -0.05) is 78.9 Å². The highest BCUT2D eigenvalue weighted by Crippen LogP contribution is 2.39. The fraction of sp³-hybridized carbons (Fsp3) is 0.103. The van der Waals surface area contributed by atoms with Crippen molar-refractivity contribution in [3.63, 3.8) is 0 Å². The summed E-state index contributed by atoms with van der Waals surface area (Å²) in [5, 5.41) is 1.07. The lowest BCUT2D eigenvalue weighted by atomic mass is 9.98. The van der Waals surface area contributed by atoms with Crippen LogP contribution in [0.2, 0.25) is 0 Å². The van der Waals surface area contributed by atoms with Gasteiger partial charge in [-0.3, -0.25) is 0 Å². The molecule has 0 fully saturated rings. The molecule has 4 nitrogen and oxygen atoms in total. The normalized spacial score (nSPS) is 13.6. The van der Waals surface area contributed by atoms with Crippen molar-refractivity contribution in [2.45, 2.75) is 0 Å². The van der Waals surface area contributed by atoms with Gasteiger partial charge in [0, 0.05) is 62.3 Å². The van der Waals surface area contributed by atoms with E-state index in [2.05, 4.69) is 113 Å². The number of rotatable bonds is 7. The average molecular weight is 651 g/mol. The van der Waals surface area contributed by atoms with Gasteiger partial charge in [0.05, 0.1) is 23.1 Å². The summed E-state index contributed by atoms with van der Waals surface area (Å²) in [6.45, 7) is 0. The van der Waals surface area contributed by atoms with E-state index in [0.29, 0.717) is 0 Å². The van der Waals surface area contributed by atoms with Crippen molar-refractivity contribution < 1.29 is 26.4 Å². The van der Waals surface area contributed by atoms with Crippen LogP contribution in [-0.2, 0) is 0 Å². The van der Waals surface area contributed by atoms with Gasteiger partial charge in [-0.05, 0) is 48.0 Å². The van der Waals surface area contributed by atoms with Crippen LogP contribution in [0.5, 0.6) is 5.75 Å². The molecule has 0 atom stereocenters. The molecular weight excluding hydrogens is 615 g/mol. The molecule has 1 aromatic heterocycles. The second-order valence-electron chi connectivity index (χ2n) is 11.4. The molecule has 244 valence electrons. The van der Waals surface area contributed by atoms with Gasteiger partial charge in [-0.15, -0.1) is 0 Å². The second kappa shape index (κ2) is 14.9. The first-order valence-corrected chi connectivity index (χ1v) is 15.3. The number of nitrogens with zero attached hydrogens (tertiary/aromatic N) is 2. The van der Waals surface area contributed by atoms with Crippen LogP contribution in [-0.4, -0.2) is 35.4 Å². The molecule has 0 saturated carbocycles. The maximum atomic E-state index is 9.75. The zero-order valence-electron chi connectivity index (χ0n) is 27.1. The Balaban J connectivity index is 0.000000840. The first-order valence-electron chi connectivity index (χ1n) is 15.3. The summed E-state index contributed by atoms with van der Waals surface area (Å²) in [6.07, 6.45) is 12.6. The number of anilines is 2. The predicted octanol–water partition coefficient (Wildman–Crippen LogP) is 10.9. The van der Waals surface area contributed by atoms with Gasteiger partial charge in [-0.2, -0.15) is 0 Å². The SMILES string of the molecule is CN(C)c1ccc2c(c1)OC(c1ccccc1)=C\C2=C/C=C/C=C/c1cc(-c2ccccc2)[o+]c2cc(N(C)C)ccc12.F[B-](F)(F)F. The van der Waals surface area contributed by atoms with Gasteiger partial charge in [-0.25, -0.2) is 4.42 Å². The molecule has 0 spiro atoms. The van der Waals surface area contributed by atoms with Crippen LogP contribution in [0.3, 0.4) is 0 Å². The Kier molecular flexibility index (Phi) is 10.5. The molecule has 2 heterocycles. The van der Waals surface area contributed by atoms with E-state index in [0.717, 1.165) is 67.4 Å². The Hall–Kier alpha value is -5.57. The zero-order chi connectivity index (χ0) is 34.3. The highest BCUT2D eigenvalue weighted by molar-refractivity contribution is 6.50. The fourth-order valence-electron chi connectivity index (χ4n) is 5.11. The Morgan fingerprint density at radius 2 is 1.27 bits per heavy atom. The molecule has 4 aromatic carbocycles. The number of allylic oxidation sites excluding steroid dienone is 6. The van der Waals surface area contributed by atoms with Crippen molar-refractivity contribution in [1.29, 1.82) is 0 Å². The number of ether oxygens (including phenoxy) is 1. The third-order valence-electron chi connectivity index (χ3n) is 7.49. The topological polar surface area (TPSA) is 27.0 Å². The van der Waals surface area contributed by atoms with Gasteiger partial charge in [0.2, 0.25) is 0 Å². The molecule has 0 aliphatic carbocycles. The standard InChI is InChI=1S/C39H35N2O2.BF4/c1-40(2)32-20-22-34-30(24-36(42-38(34)26-32)28-14-8-5-9-15-28)18-12-7-13-19-31-25-37(29-16-10-6-11-17-29)43-39-27-33(41(3)4)21-23-35(31)39;2-1(3,4)5/h5-27H,1-4H3;/q+1;-1. The molecule has 5 aromatic rings. The minimum Gasteiger partial charge on any atom is -0.456 e. The van der Waals surface area contributed by atoms with Crippen LogP contribution in [0.4, 0.5) is 28.6 Å². The largest absolute Gasteiger partial charge is 0.673 e. The molecule has 0 radical (unpaired) electrons. The minimum absolute atomic E-state index is 0.837. The minimum atomic E-state index is -6.00. The molecule has 9 heteroatoms. The van der Waals surface area contributed by atoms with Gasteiger partial charge in [0.25, 0.3) is 0 Å². The van der Waals surface area contributed by atoms with Crippen molar-refractivity contribution in [3.8, 4) is 17.1 Å². The molecule has 0 amide bonds. The van der Waals surface area contributed by atoms with Crippen LogP contribution in [0.1, 0.15) is 16.7 Å². The summed E-state index contributed by atoms with van der Waals surface area (Å²) < 4.78 is 51.8. The van der Waals surface area contributed by atoms with E-state index in [1.807, 2.05) is 64.6 Å². The van der Waals surface area contributed by atoms with E-state index in [-0.39, 0.29) is 0 Å². The van der Waals surface area contributed by atoms with Gasteiger partial charge in [0.15, 0.2) is 0 Å².